The van der Waals surface area contributed by atoms with Crippen molar-refractivity contribution in [3.05, 3.63) is 120 Å². The number of nitrogens with one attached hydrogen (secondary N) is 1. The van der Waals surface area contributed by atoms with Crippen molar-refractivity contribution >= 4 is 61.2 Å². The van der Waals surface area contributed by atoms with Gasteiger partial charge in [-0.15, -0.1) is 0 Å². The first-order valence-corrected chi connectivity index (χ1v) is 31.4. The Hall–Kier alpha value is -7.86. The van der Waals surface area contributed by atoms with E-state index in [0.29, 0.717) is 73.7 Å². The third-order valence-corrected chi connectivity index (χ3v) is 15.1. The zero-order valence-electron chi connectivity index (χ0n) is 53.6. The van der Waals surface area contributed by atoms with Gasteiger partial charge >= 0.3 is 6.09 Å². The molecule has 23 heteroatoms. The minimum absolute atomic E-state index is 0.0579. The van der Waals surface area contributed by atoms with E-state index in [-0.39, 0.29) is 46.0 Å². The number of anilines is 3. The average Bonchev–Trinajstić information content (AvgIpc) is 1.91. The van der Waals surface area contributed by atoms with Gasteiger partial charge in [0, 0.05) is 156 Å². The fourth-order valence-electron chi connectivity index (χ4n) is 10.4. The van der Waals surface area contributed by atoms with Crippen molar-refractivity contribution in [3.63, 3.8) is 0 Å². The lowest BCUT2D eigenvalue weighted by Gasteiger charge is -2.36. The monoisotopic (exact) mass is 1290 g/mol. The summed E-state index contributed by atoms with van der Waals surface area (Å²) in [6.07, 6.45) is 3.13. The SMILES string of the molecule is CC(C)(C)Cn1c(CBr)cc2cnc(C#N)nc21.CCOc1ccc(N2CCN(Cc3cc4cnc(C#N)nc4n3CC(C)(C)C)CC2)c(F)c1.CCOc1ccc(N2CCNCC2)c(F)c1.COc1ccc(N2CCN(C(=O)OC(C)(C)C)CC2)c(F)c1. The molecule has 7 aromatic rings. The molecule has 7 heterocycles. The predicted molar refractivity (Wildman–Crippen MR) is 347 cm³/mol. The minimum Gasteiger partial charge on any atom is -0.497 e. The van der Waals surface area contributed by atoms with Crippen LogP contribution in [0.2, 0.25) is 0 Å². The smallest absolute Gasteiger partial charge is 0.410 e. The zero-order valence-corrected chi connectivity index (χ0v) is 55.2. The number of halogens is 4. The highest BCUT2D eigenvalue weighted by Gasteiger charge is 2.28. The van der Waals surface area contributed by atoms with Crippen LogP contribution in [0, 0.1) is 50.9 Å². The van der Waals surface area contributed by atoms with Crippen LogP contribution < -0.4 is 34.2 Å². The average molecular weight is 1290 g/mol. The molecule has 0 atom stereocenters. The number of nitrogens with zero attached hydrogens (tertiary/aromatic N) is 13. The Balaban J connectivity index is 0.000000177. The van der Waals surface area contributed by atoms with Crippen molar-refractivity contribution in [3.8, 4) is 29.4 Å². The van der Waals surface area contributed by atoms with E-state index < -0.39 is 5.60 Å². The first-order chi connectivity index (χ1) is 42.3. The maximum absolute atomic E-state index is 14.6. The van der Waals surface area contributed by atoms with Gasteiger partial charge in [-0.2, -0.15) is 10.5 Å². The summed E-state index contributed by atoms with van der Waals surface area (Å²) in [6.45, 7) is 34.8. The standard InChI is InChI=1S/C25H31FN6O.C16H23FN2O3.C13H15BrN4.C12H17FN2O/c1-5-33-20-6-7-22(21(26)13-20)31-10-8-30(9-11-31)16-19-12-18-15-28-23(14-27)29-24(18)32(19)17-25(2,3)4;1-16(2,3)22-15(20)19-9-7-18(8-10-19)14-6-5-12(21-4)11-13(14)17;1-13(2,3)8-18-10(5-14)4-9-7-16-11(6-15)17-12(9)18;1-2-16-10-3-4-12(11(13)9-10)15-7-5-14-6-8-15/h6-7,12-13,15H,5,8-11,16-17H2,1-4H3;5-6,11H,7-10H2,1-4H3;4,7H,5,8H2,1-3H3;3-4,9,14H,2,5-8H2,1H3. The first-order valence-electron chi connectivity index (χ1n) is 30.2. The Bertz CT molecular complexity index is 3560. The Labute approximate surface area is 530 Å². The fourth-order valence-corrected chi connectivity index (χ4v) is 10.9. The number of piperazine rings is 3. The van der Waals surface area contributed by atoms with Gasteiger partial charge in [-0.05, 0) is 94.0 Å². The van der Waals surface area contributed by atoms with Crippen molar-refractivity contribution in [1.29, 1.82) is 10.5 Å². The molecule has 10 rings (SSSR count). The molecule has 0 spiro atoms. The number of methoxy groups -OCH3 is 1. The van der Waals surface area contributed by atoms with Gasteiger partial charge in [-0.1, -0.05) is 57.5 Å². The van der Waals surface area contributed by atoms with Gasteiger partial charge in [0.15, 0.2) is 0 Å². The summed E-state index contributed by atoms with van der Waals surface area (Å²) < 4.78 is 67.9. The normalized spacial score (nSPS) is 14.8. The Morgan fingerprint density at radius 1 is 0.596 bits per heavy atom. The van der Waals surface area contributed by atoms with Crippen LogP contribution in [0.25, 0.3) is 22.1 Å². The van der Waals surface area contributed by atoms with Gasteiger partial charge < -0.3 is 53.0 Å². The second-order valence-electron chi connectivity index (χ2n) is 25.2. The quantitative estimate of drug-likeness (QED) is 0.107. The maximum Gasteiger partial charge on any atom is 0.410 e. The number of hydrogen-bond donors (Lipinski definition) is 1. The van der Waals surface area contributed by atoms with E-state index in [1.54, 1.807) is 35.5 Å². The van der Waals surface area contributed by atoms with Gasteiger partial charge in [-0.3, -0.25) is 4.90 Å². The predicted octanol–water partition coefficient (Wildman–Crippen LogP) is 12.0. The number of amides is 1. The van der Waals surface area contributed by atoms with Crippen LogP contribution in [0.15, 0.2) is 79.1 Å². The van der Waals surface area contributed by atoms with Crippen molar-refractivity contribution in [1.82, 2.24) is 44.2 Å². The summed E-state index contributed by atoms with van der Waals surface area (Å²) in [5, 5.41) is 24.1. The van der Waals surface area contributed by atoms with Crippen LogP contribution in [0.1, 0.15) is 99.2 Å². The molecule has 89 heavy (non-hydrogen) atoms. The van der Waals surface area contributed by atoms with E-state index in [0.717, 1.165) is 111 Å². The van der Waals surface area contributed by atoms with E-state index in [4.69, 9.17) is 24.2 Å². The highest BCUT2D eigenvalue weighted by molar-refractivity contribution is 9.08. The molecule has 0 unspecified atom stereocenters. The van der Waals surface area contributed by atoms with Crippen LogP contribution in [0.4, 0.5) is 35.0 Å². The number of ether oxygens (including phenoxy) is 4. The zero-order chi connectivity index (χ0) is 64.6. The van der Waals surface area contributed by atoms with E-state index in [1.165, 1.54) is 25.3 Å². The van der Waals surface area contributed by atoms with Crippen LogP contribution in [0.3, 0.4) is 0 Å². The molecular formula is C66H86BrF3N14O5. The molecular weight excluding hydrogens is 1210 g/mol. The molecule has 0 bridgehead atoms. The third kappa shape index (κ3) is 19.6. The molecule has 3 aliphatic heterocycles. The summed E-state index contributed by atoms with van der Waals surface area (Å²) in [6, 6.07) is 23.2. The summed E-state index contributed by atoms with van der Waals surface area (Å²) in [5.41, 5.74) is 5.50. The fraction of sp³-hybridized carbons (Fsp3) is 0.500. The van der Waals surface area contributed by atoms with Crippen LogP contribution in [0.5, 0.6) is 17.2 Å². The Kier molecular flexibility index (Phi) is 23.9. The van der Waals surface area contributed by atoms with Crippen molar-refractivity contribution in [2.45, 2.75) is 107 Å². The molecule has 3 aliphatic rings. The van der Waals surface area contributed by atoms with Crippen LogP contribution in [-0.4, -0.2) is 149 Å². The van der Waals surface area contributed by atoms with E-state index in [1.807, 2.05) is 69.9 Å². The molecule has 3 aromatic carbocycles. The van der Waals surface area contributed by atoms with E-state index in [2.05, 4.69) is 119 Å². The number of alkyl halides is 1. The maximum atomic E-state index is 14.6. The lowest BCUT2D eigenvalue weighted by molar-refractivity contribution is 0.0240. The summed E-state index contributed by atoms with van der Waals surface area (Å²) in [7, 11) is 1.51. The lowest BCUT2D eigenvalue weighted by atomic mass is 9.97. The summed E-state index contributed by atoms with van der Waals surface area (Å²) in [5.74, 6) is 1.30. The summed E-state index contributed by atoms with van der Waals surface area (Å²) in [4.78, 5) is 39.1. The Morgan fingerprint density at radius 3 is 1.42 bits per heavy atom. The molecule has 3 saturated heterocycles. The molecule has 3 fully saturated rings. The molecule has 19 nitrogen and oxygen atoms in total. The number of aromatic nitrogens is 6. The lowest BCUT2D eigenvalue weighted by Crippen LogP contribution is -2.50. The second kappa shape index (κ2) is 31.1. The van der Waals surface area contributed by atoms with Gasteiger partial charge in [-0.25, -0.2) is 37.9 Å². The molecule has 1 N–H and O–H groups in total. The highest BCUT2D eigenvalue weighted by atomic mass is 79.9. The summed E-state index contributed by atoms with van der Waals surface area (Å²) >= 11 is 3.50. The Morgan fingerprint density at radius 2 is 1.01 bits per heavy atom. The number of benzene rings is 3. The van der Waals surface area contributed by atoms with Gasteiger partial charge in [0.25, 0.3) is 0 Å². The van der Waals surface area contributed by atoms with Crippen molar-refractivity contribution in [2.24, 2.45) is 10.8 Å². The van der Waals surface area contributed by atoms with Gasteiger partial charge in [0.1, 0.15) is 63.7 Å². The largest absolute Gasteiger partial charge is 0.497 e. The van der Waals surface area contributed by atoms with Gasteiger partial charge in [0.05, 0.1) is 37.4 Å². The van der Waals surface area contributed by atoms with Crippen molar-refractivity contribution in [2.75, 3.05) is 114 Å². The van der Waals surface area contributed by atoms with Crippen LogP contribution in [-0.2, 0) is 29.7 Å². The molecule has 4 aromatic heterocycles. The number of hydrogen-bond acceptors (Lipinski definition) is 16. The molecule has 1 amide bonds. The molecule has 478 valence electrons. The number of nitriles is 2. The molecule has 0 radical (unpaired) electrons. The molecule has 0 saturated carbocycles. The van der Waals surface area contributed by atoms with Crippen molar-refractivity contribution < 1.29 is 36.9 Å². The molecule has 0 aliphatic carbocycles. The third-order valence-electron chi connectivity index (χ3n) is 14.5. The minimum atomic E-state index is -0.504. The number of carbonyl (C=O) groups is 1. The number of fused-ring (bicyclic) bond motifs is 2. The second-order valence-corrected chi connectivity index (χ2v) is 25.8. The first kappa shape index (κ1) is 68.6. The number of carbonyl (C=O) groups excluding carboxylic acids is 1. The number of rotatable bonds is 13. The van der Waals surface area contributed by atoms with Gasteiger partial charge in [0.2, 0.25) is 11.6 Å². The van der Waals surface area contributed by atoms with Crippen LogP contribution >= 0.6 is 15.9 Å². The van der Waals surface area contributed by atoms with E-state index in [9.17, 15) is 23.2 Å². The topological polar surface area (TPSA) is 191 Å². The highest BCUT2D eigenvalue weighted by Crippen LogP contribution is 2.31. The van der Waals surface area contributed by atoms with E-state index >= 15 is 0 Å².